The summed E-state index contributed by atoms with van der Waals surface area (Å²) in [6.45, 7) is 8.58. The average Bonchev–Trinajstić information content (AvgIpc) is 2.09. The van der Waals surface area contributed by atoms with Crippen molar-refractivity contribution in [1.29, 1.82) is 0 Å². The highest BCUT2D eigenvalue weighted by molar-refractivity contribution is 4.95. The Bertz CT molecular complexity index is 198. The molecule has 0 aromatic heterocycles. The molecule has 0 aliphatic rings. The van der Waals surface area contributed by atoms with Crippen molar-refractivity contribution >= 4 is 0 Å². The summed E-state index contributed by atoms with van der Waals surface area (Å²) in [4.78, 5) is 0. The molecule has 0 saturated carbocycles. The molecule has 3 N–H and O–H groups in total. The minimum Gasteiger partial charge on any atom is -0.374 e. The molecule has 0 bridgehead atoms. The molecule has 0 fully saturated rings. The van der Waals surface area contributed by atoms with Crippen LogP contribution in [0.2, 0.25) is 0 Å². The van der Waals surface area contributed by atoms with Crippen molar-refractivity contribution in [3.8, 4) is 11.8 Å². The number of nitrogens with one attached hydrogen (secondary N) is 1. The highest BCUT2D eigenvalue weighted by Crippen LogP contribution is 2.08. The van der Waals surface area contributed by atoms with E-state index in [0.717, 1.165) is 12.8 Å². The molecule has 3 nitrogen and oxygen atoms in total. The third kappa shape index (κ3) is 8.06. The second kappa shape index (κ2) is 6.83. The third-order valence-electron chi connectivity index (χ3n) is 1.75. The van der Waals surface area contributed by atoms with E-state index < -0.39 is 0 Å². The summed E-state index contributed by atoms with van der Waals surface area (Å²) in [6, 6.07) is 0.190. The van der Waals surface area contributed by atoms with Crippen LogP contribution < -0.4 is 11.3 Å². The van der Waals surface area contributed by atoms with Crippen molar-refractivity contribution in [1.82, 2.24) is 5.43 Å². The maximum atomic E-state index is 5.62. The fourth-order valence-electron chi connectivity index (χ4n) is 0.937. The highest BCUT2D eigenvalue weighted by atomic mass is 16.5. The first-order chi connectivity index (χ1) is 6.49. The SMILES string of the molecule is CC#CCCC(COC(C)(C)C)NN. The van der Waals surface area contributed by atoms with Crippen molar-refractivity contribution in [3.63, 3.8) is 0 Å². The molecule has 0 amide bonds. The van der Waals surface area contributed by atoms with Crippen LogP contribution in [0.1, 0.15) is 40.5 Å². The fraction of sp³-hybridized carbons (Fsp3) is 0.818. The molecule has 0 spiro atoms. The zero-order chi connectivity index (χ0) is 11.0. The van der Waals surface area contributed by atoms with E-state index >= 15 is 0 Å². The fourth-order valence-corrected chi connectivity index (χ4v) is 0.937. The van der Waals surface area contributed by atoms with Crippen molar-refractivity contribution < 1.29 is 4.74 Å². The van der Waals surface area contributed by atoms with Gasteiger partial charge < -0.3 is 4.74 Å². The number of hydrazine groups is 1. The summed E-state index contributed by atoms with van der Waals surface area (Å²) in [7, 11) is 0. The van der Waals surface area contributed by atoms with Gasteiger partial charge in [-0.3, -0.25) is 11.3 Å². The molecule has 3 heteroatoms. The highest BCUT2D eigenvalue weighted by Gasteiger charge is 2.13. The van der Waals surface area contributed by atoms with Gasteiger partial charge in [-0.15, -0.1) is 11.8 Å². The average molecular weight is 198 g/mol. The Labute approximate surface area is 87.4 Å². The van der Waals surface area contributed by atoms with Gasteiger partial charge in [0.15, 0.2) is 0 Å². The first-order valence-electron chi connectivity index (χ1n) is 4.99. The van der Waals surface area contributed by atoms with Gasteiger partial charge in [0.1, 0.15) is 0 Å². The minimum absolute atomic E-state index is 0.106. The van der Waals surface area contributed by atoms with Crippen molar-refractivity contribution in [3.05, 3.63) is 0 Å². The lowest BCUT2D eigenvalue weighted by molar-refractivity contribution is -0.0152. The predicted molar refractivity (Wildman–Crippen MR) is 59.5 cm³/mol. The Morgan fingerprint density at radius 3 is 2.50 bits per heavy atom. The molecule has 82 valence electrons. The molecule has 1 unspecified atom stereocenters. The zero-order valence-electron chi connectivity index (χ0n) is 9.68. The Balaban J connectivity index is 3.72. The Morgan fingerprint density at radius 1 is 1.43 bits per heavy atom. The molecule has 1 atom stereocenters. The van der Waals surface area contributed by atoms with Crippen LogP contribution in [0.4, 0.5) is 0 Å². The lowest BCUT2D eigenvalue weighted by Crippen LogP contribution is -2.40. The van der Waals surface area contributed by atoms with Crippen LogP contribution in [0.25, 0.3) is 0 Å². The molecule has 0 aromatic rings. The summed E-state index contributed by atoms with van der Waals surface area (Å²) in [5.74, 6) is 11.3. The number of nitrogens with two attached hydrogens (primary N) is 1. The molecule has 0 radical (unpaired) electrons. The van der Waals surface area contributed by atoms with Gasteiger partial charge in [-0.05, 0) is 34.1 Å². The van der Waals surface area contributed by atoms with Gasteiger partial charge in [-0.1, -0.05) is 0 Å². The van der Waals surface area contributed by atoms with Crippen LogP contribution in [0, 0.1) is 11.8 Å². The van der Waals surface area contributed by atoms with Gasteiger partial charge in [0.25, 0.3) is 0 Å². The van der Waals surface area contributed by atoms with E-state index in [4.69, 9.17) is 10.6 Å². The number of hydrogen-bond acceptors (Lipinski definition) is 3. The first kappa shape index (κ1) is 13.4. The summed E-state index contributed by atoms with van der Waals surface area (Å²) in [5, 5.41) is 0. The maximum absolute atomic E-state index is 5.62. The van der Waals surface area contributed by atoms with E-state index in [1.54, 1.807) is 0 Å². The lowest BCUT2D eigenvalue weighted by atomic mass is 10.1. The van der Waals surface area contributed by atoms with Gasteiger partial charge in [-0.2, -0.15) is 0 Å². The predicted octanol–water partition coefficient (Wildman–Crippen LogP) is 1.44. The number of rotatable bonds is 5. The van der Waals surface area contributed by atoms with E-state index in [1.165, 1.54) is 0 Å². The smallest absolute Gasteiger partial charge is 0.0640 e. The maximum Gasteiger partial charge on any atom is 0.0640 e. The van der Waals surface area contributed by atoms with Crippen LogP contribution in [0.3, 0.4) is 0 Å². The van der Waals surface area contributed by atoms with Gasteiger partial charge in [-0.25, -0.2) is 0 Å². The standard InChI is InChI=1S/C11H22N2O/c1-5-6-7-8-10(13-12)9-14-11(2,3)4/h10,13H,7-9,12H2,1-4H3. The first-order valence-corrected chi connectivity index (χ1v) is 4.99. The van der Waals surface area contributed by atoms with E-state index in [-0.39, 0.29) is 11.6 Å². The van der Waals surface area contributed by atoms with Crippen molar-refractivity contribution in [2.45, 2.75) is 52.2 Å². The topological polar surface area (TPSA) is 47.3 Å². The summed E-state index contributed by atoms with van der Waals surface area (Å²) in [5.41, 5.74) is 2.64. The minimum atomic E-state index is -0.106. The molecule has 0 rings (SSSR count). The van der Waals surface area contributed by atoms with Crippen molar-refractivity contribution in [2.75, 3.05) is 6.61 Å². The quantitative estimate of drug-likeness (QED) is 0.399. The summed E-state index contributed by atoms with van der Waals surface area (Å²) >= 11 is 0. The van der Waals surface area contributed by atoms with Crippen LogP contribution >= 0.6 is 0 Å². The molecule has 0 saturated heterocycles. The molecule has 0 aliphatic carbocycles. The third-order valence-corrected chi connectivity index (χ3v) is 1.75. The Morgan fingerprint density at radius 2 is 2.07 bits per heavy atom. The Kier molecular flexibility index (Phi) is 6.56. The number of hydrogen-bond donors (Lipinski definition) is 2. The normalized spacial score (nSPS) is 13.2. The number of ether oxygens (including phenoxy) is 1. The van der Waals surface area contributed by atoms with Crippen LogP contribution in [0.5, 0.6) is 0 Å². The summed E-state index contributed by atoms with van der Waals surface area (Å²) < 4.78 is 5.62. The molecule has 0 aliphatic heterocycles. The molecule has 0 heterocycles. The zero-order valence-corrected chi connectivity index (χ0v) is 9.68. The lowest BCUT2D eigenvalue weighted by Gasteiger charge is -2.23. The van der Waals surface area contributed by atoms with E-state index in [9.17, 15) is 0 Å². The van der Waals surface area contributed by atoms with E-state index in [0.29, 0.717) is 6.61 Å². The molecule has 14 heavy (non-hydrogen) atoms. The van der Waals surface area contributed by atoms with E-state index in [2.05, 4.69) is 17.3 Å². The monoisotopic (exact) mass is 198 g/mol. The van der Waals surface area contributed by atoms with E-state index in [1.807, 2.05) is 27.7 Å². The largest absolute Gasteiger partial charge is 0.374 e. The summed E-state index contributed by atoms with van der Waals surface area (Å²) in [6.07, 6.45) is 1.78. The van der Waals surface area contributed by atoms with Crippen LogP contribution in [0.15, 0.2) is 0 Å². The molecular formula is C11H22N2O. The van der Waals surface area contributed by atoms with Crippen molar-refractivity contribution in [2.24, 2.45) is 5.84 Å². The Hall–Kier alpha value is -0.560. The molecule has 0 aromatic carbocycles. The second-order valence-electron chi connectivity index (χ2n) is 4.25. The van der Waals surface area contributed by atoms with Gasteiger partial charge in [0.2, 0.25) is 0 Å². The second-order valence-corrected chi connectivity index (χ2v) is 4.25. The van der Waals surface area contributed by atoms with Gasteiger partial charge in [0, 0.05) is 12.5 Å². The van der Waals surface area contributed by atoms with Gasteiger partial charge >= 0.3 is 0 Å². The molecular weight excluding hydrogens is 176 g/mol. The van der Waals surface area contributed by atoms with Crippen LogP contribution in [-0.4, -0.2) is 18.2 Å². The van der Waals surface area contributed by atoms with Crippen LogP contribution in [-0.2, 0) is 4.74 Å². The van der Waals surface area contributed by atoms with Gasteiger partial charge in [0.05, 0.1) is 12.2 Å².